The molecule has 2 aromatic rings. The predicted octanol–water partition coefficient (Wildman–Crippen LogP) is 2.96. The van der Waals surface area contributed by atoms with Crippen LogP contribution in [0.25, 0.3) is 5.69 Å². The molecule has 0 radical (unpaired) electrons. The first-order valence-electron chi connectivity index (χ1n) is 6.00. The molecule has 1 aromatic carbocycles. The second-order valence-electron chi connectivity index (χ2n) is 4.72. The SMILES string of the molecule is Cc1cc(F)ccc1-n1nc(C)c(C(C)N)c1C. The van der Waals surface area contributed by atoms with Crippen LogP contribution in [0.5, 0.6) is 0 Å². The van der Waals surface area contributed by atoms with Gasteiger partial charge < -0.3 is 5.73 Å². The lowest BCUT2D eigenvalue weighted by Crippen LogP contribution is -2.08. The molecule has 0 bridgehead atoms. The minimum Gasteiger partial charge on any atom is -0.324 e. The Morgan fingerprint density at radius 1 is 1.28 bits per heavy atom. The number of hydrogen-bond donors (Lipinski definition) is 1. The van der Waals surface area contributed by atoms with E-state index >= 15 is 0 Å². The Labute approximate surface area is 106 Å². The number of halogens is 1. The molecular weight excluding hydrogens is 229 g/mol. The van der Waals surface area contributed by atoms with Gasteiger partial charge in [0.15, 0.2) is 0 Å². The van der Waals surface area contributed by atoms with Crippen molar-refractivity contribution in [2.45, 2.75) is 33.7 Å². The Kier molecular flexibility index (Phi) is 3.22. The summed E-state index contributed by atoms with van der Waals surface area (Å²) >= 11 is 0. The van der Waals surface area contributed by atoms with E-state index in [-0.39, 0.29) is 11.9 Å². The largest absolute Gasteiger partial charge is 0.324 e. The standard InChI is InChI=1S/C14H18FN3/c1-8-7-12(15)5-6-13(8)18-11(4)14(9(2)16)10(3)17-18/h5-7,9H,16H2,1-4H3. The van der Waals surface area contributed by atoms with Gasteiger partial charge in [0.25, 0.3) is 0 Å². The number of rotatable bonds is 2. The fourth-order valence-electron chi connectivity index (χ4n) is 2.40. The third-order valence-corrected chi connectivity index (χ3v) is 3.19. The molecule has 0 saturated carbocycles. The van der Waals surface area contributed by atoms with Crippen molar-refractivity contribution in [2.24, 2.45) is 5.73 Å². The van der Waals surface area contributed by atoms with Crippen LogP contribution in [0.1, 0.15) is 35.5 Å². The molecule has 0 aliphatic carbocycles. The Hall–Kier alpha value is -1.68. The average molecular weight is 247 g/mol. The van der Waals surface area contributed by atoms with Crippen LogP contribution in [0, 0.1) is 26.6 Å². The van der Waals surface area contributed by atoms with Gasteiger partial charge >= 0.3 is 0 Å². The van der Waals surface area contributed by atoms with Crippen molar-refractivity contribution in [1.29, 1.82) is 0 Å². The lowest BCUT2D eigenvalue weighted by atomic mass is 10.1. The van der Waals surface area contributed by atoms with E-state index in [4.69, 9.17) is 5.73 Å². The third kappa shape index (κ3) is 2.04. The van der Waals surface area contributed by atoms with Crippen LogP contribution in [0.3, 0.4) is 0 Å². The Balaban J connectivity index is 2.62. The van der Waals surface area contributed by atoms with Gasteiger partial charge in [-0.1, -0.05) is 0 Å². The van der Waals surface area contributed by atoms with E-state index in [1.54, 1.807) is 6.07 Å². The van der Waals surface area contributed by atoms with Gasteiger partial charge in [-0.15, -0.1) is 0 Å². The van der Waals surface area contributed by atoms with E-state index in [0.717, 1.165) is 28.2 Å². The van der Waals surface area contributed by atoms with Crippen molar-refractivity contribution in [1.82, 2.24) is 9.78 Å². The van der Waals surface area contributed by atoms with E-state index in [0.29, 0.717) is 0 Å². The molecule has 4 heteroatoms. The molecule has 2 rings (SSSR count). The van der Waals surface area contributed by atoms with Crippen LogP contribution in [-0.4, -0.2) is 9.78 Å². The lowest BCUT2D eigenvalue weighted by Gasteiger charge is -2.10. The predicted molar refractivity (Wildman–Crippen MR) is 70.3 cm³/mol. The molecule has 0 fully saturated rings. The van der Waals surface area contributed by atoms with E-state index in [1.807, 2.05) is 32.4 Å². The van der Waals surface area contributed by atoms with Gasteiger partial charge in [-0.25, -0.2) is 9.07 Å². The summed E-state index contributed by atoms with van der Waals surface area (Å²) in [4.78, 5) is 0. The highest BCUT2D eigenvalue weighted by Crippen LogP contribution is 2.24. The minimum absolute atomic E-state index is 0.0560. The Bertz CT molecular complexity index is 585. The molecule has 1 heterocycles. The number of nitrogens with zero attached hydrogens (tertiary/aromatic N) is 2. The van der Waals surface area contributed by atoms with Crippen LogP contribution < -0.4 is 5.73 Å². The van der Waals surface area contributed by atoms with Gasteiger partial charge in [0.1, 0.15) is 5.82 Å². The quantitative estimate of drug-likeness (QED) is 0.886. The number of aromatic nitrogens is 2. The maximum absolute atomic E-state index is 13.1. The summed E-state index contributed by atoms with van der Waals surface area (Å²) in [5.74, 6) is -0.231. The number of benzene rings is 1. The smallest absolute Gasteiger partial charge is 0.123 e. The van der Waals surface area contributed by atoms with Gasteiger partial charge in [0, 0.05) is 17.3 Å². The summed E-state index contributed by atoms with van der Waals surface area (Å²) in [5.41, 5.74) is 10.7. The van der Waals surface area contributed by atoms with Gasteiger partial charge in [0.05, 0.1) is 11.4 Å². The molecule has 18 heavy (non-hydrogen) atoms. The van der Waals surface area contributed by atoms with Gasteiger partial charge in [-0.2, -0.15) is 5.10 Å². The molecule has 1 aromatic heterocycles. The first-order chi connectivity index (χ1) is 8.41. The van der Waals surface area contributed by atoms with Crippen LogP contribution in [-0.2, 0) is 0 Å². The zero-order chi connectivity index (χ0) is 13.4. The molecule has 1 atom stereocenters. The molecule has 0 aliphatic rings. The highest BCUT2D eigenvalue weighted by atomic mass is 19.1. The highest BCUT2D eigenvalue weighted by Gasteiger charge is 2.16. The normalized spacial score (nSPS) is 12.8. The molecule has 3 nitrogen and oxygen atoms in total. The summed E-state index contributed by atoms with van der Waals surface area (Å²) in [5, 5.41) is 4.51. The maximum atomic E-state index is 13.1. The summed E-state index contributed by atoms with van der Waals surface area (Å²) in [6, 6.07) is 4.65. The fourth-order valence-corrected chi connectivity index (χ4v) is 2.40. The highest BCUT2D eigenvalue weighted by molar-refractivity contribution is 5.43. The maximum Gasteiger partial charge on any atom is 0.123 e. The summed E-state index contributed by atoms with van der Waals surface area (Å²) in [6.45, 7) is 7.75. The van der Waals surface area contributed by atoms with Crippen molar-refractivity contribution >= 4 is 0 Å². The van der Waals surface area contributed by atoms with Crippen molar-refractivity contribution in [3.8, 4) is 5.69 Å². The second-order valence-corrected chi connectivity index (χ2v) is 4.72. The third-order valence-electron chi connectivity index (χ3n) is 3.19. The van der Waals surface area contributed by atoms with Crippen molar-refractivity contribution in [3.63, 3.8) is 0 Å². The summed E-state index contributed by atoms with van der Waals surface area (Å²) in [7, 11) is 0. The number of nitrogens with two attached hydrogens (primary N) is 1. The topological polar surface area (TPSA) is 43.8 Å². The fraction of sp³-hybridized carbons (Fsp3) is 0.357. The summed E-state index contributed by atoms with van der Waals surface area (Å²) < 4.78 is 15.0. The second kappa shape index (κ2) is 4.53. The van der Waals surface area contributed by atoms with Crippen molar-refractivity contribution < 1.29 is 4.39 Å². The van der Waals surface area contributed by atoms with Gasteiger partial charge in [-0.05, 0) is 51.5 Å². The summed E-state index contributed by atoms with van der Waals surface area (Å²) in [6.07, 6.45) is 0. The first-order valence-corrected chi connectivity index (χ1v) is 6.00. The Morgan fingerprint density at radius 2 is 1.94 bits per heavy atom. The first kappa shape index (κ1) is 12.8. The van der Waals surface area contributed by atoms with Gasteiger partial charge in [-0.3, -0.25) is 0 Å². The van der Waals surface area contributed by atoms with E-state index < -0.39 is 0 Å². The zero-order valence-corrected chi connectivity index (χ0v) is 11.2. The van der Waals surface area contributed by atoms with E-state index in [1.165, 1.54) is 12.1 Å². The molecule has 0 spiro atoms. The zero-order valence-electron chi connectivity index (χ0n) is 11.2. The van der Waals surface area contributed by atoms with Crippen LogP contribution in [0.15, 0.2) is 18.2 Å². The van der Waals surface area contributed by atoms with Crippen LogP contribution >= 0.6 is 0 Å². The average Bonchev–Trinajstić information content (AvgIpc) is 2.54. The molecular formula is C14H18FN3. The van der Waals surface area contributed by atoms with E-state index in [9.17, 15) is 4.39 Å². The Morgan fingerprint density at radius 3 is 2.44 bits per heavy atom. The molecule has 0 aliphatic heterocycles. The van der Waals surface area contributed by atoms with Crippen LogP contribution in [0.2, 0.25) is 0 Å². The van der Waals surface area contributed by atoms with Crippen molar-refractivity contribution in [2.75, 3.05) is 0 Å². The molecule has 0 amide bonds. The monoisotopic (exact) mass is 247 g/mol. The molecule has 1 unspecified atom stereocenters. The molecule has 2 N–H and O–H groups in total. The number of aryl methyl sites for hydroxylation is 2. The molecule has 96 valence electrons. The lowest BCUT2D eigenvalue weighted by molar-refractivity contribution is 0.625. The molecule has 0 saturated heterocycles. The van der Waals surface area contributed by atoms with Crippen LogP contribution in [0.4, 0.5) is 4.39 Å². The van der Waals surface area contributed by atoms with Crippen molar-refractivity contribution in [3.05, 3.63) is 46.5 Å². The van der Waals surface area contributed by atoms with Gasteiger partial charge in [0.2, 0.25) is 0 Å². The number of hydrogen-bond acceptors (Lipinski definition) is 2. The van der Waals surface area contributed by atoms with E-state index in [2.05, 4.69) is 5.10 Å². The minimum atomic E-state index is -0.231.